The molecule has 0 aromatic heterocycles. The molecule has 0 bridgehead atoms. The van der Waals surface area contributed by atoms with Crippen LogP contribution in [0.3, 0.4) is 0 Å². The quantitative estimate of drug-likeness (QED) is 0.385. The molecule has 11 atom stereocenters. The van der Waals surface area contributed by atoms with Crippen molar-refractivity contribution in [3.8, 4) is 0 Å². The molecule has 0 amide bonds. The summed E-state index contributed by atoms with van der Waals surface area (Å²) in [5.41, 5.74) is 0. The molecule has 8 aliphatic carbocycles. The maximum atomic E-state index is 2.75. The van der Waals surface area contributed by atoms with Crippen LogP contribution < -0.4 is 24.8 Å². The van der Waals surface area contributed by atoms with Gasteiger partial charge in [0.1, 0.15) is 0 Å². The Balaban J connectivity index is 0.00000171. The van der Waals surface area contributed by atoms with E-state index in [1.54, 1.807) is 0 Å². The maximum absolute atomic E-state index is 2.75. The molecule has 11 unspecified atom stereocenters. The summed E-state index contributed by atoms with van der Waals surface area (Å²) in [5.74, 6) is 9.29. The Labute approximate surface area is 288 Å². The summed E-state index contributed by atoms with van der Waals surface area (Å²) in [6.45, 7) is 5.50. The van der Waals surface area contributed by atoms with Crippen LogP contribution >= 0.6 is 0 Å². The van der Waals surface area contributed by atoms with E-state index in [-0.39, 0.29) is 24.8 Å². The summed E-state index contributed by atoms with van der Waals surface area (Å²) in [6.07, 6.45) is 51.2. The van der Waals surface area contributed by atoms with Crippen molar-refractivity contribution < 1.29 is 46.1 Å². The zero-order chi connectivity index (χ0) is 28.2. The van der Waals surface area contributed by atoms with Crippen LogP contribution in [-0.4, -0.2) is 3.21 Å². The van der Waals surface area contributed by atoms with Gasteiger partial charge in [0.25, 0.3) is 0 Å². The van der Waals surface area contributed by atoms with Gasteiger partial charge in [-0.05, 0) is 0 Å². The van der Waals surface area contributed by atoms with E-state index < -0.39 is 21.3 Å². The molecule has 0 aromatic rings. The van der Waals surface area contributed by atoms with Crippen LogP contribution in [0.25, 0.3) is 0 Å². The third kappa shape index (κ3) is 5.60. The number of hydrogen-bond acceptors (Lipinski definition) is 0. The fourth-order valence-electron chi connectivity index (χ4n) is 11.9. The number of hydrogen-bond donors (Lipinski definition) is 0. The van der Waals surface area contributed by atoms with E-state index in [2.05, 4.69) is 108 Å². The SMILES string of the molecule is CC([C](C(C)C1CCCC1)=[Zr+2]([C]1=CC=CC1)[CH]1C2C=CC=CC2C2C3C=CC=CC3C3C=CC=CC3C21)C1CCCC1.[Cl-].[Cl-]. The molecule has 0 saturated heterocycles. The third-order valence-electron chi connectivity index (χ3n) is 13.7. The van der Waals surface area contributed by atoms with E-state index in [9.17, 15) is 0 Å². The predicted octanol–water partition coefficient (Wildman–Crippen LogP) is 4.40. The number of fused-ring (bicyclic) bond motifs is 8. The molecule has 0 heterocycles. The second-order valence-corrected chi connectivity index (χ2v) is 22.0. The minimum atomic E-state index is -2.32. The largest absolute Gasteiger partial charge is 1.00 e. The molecule has 234 valence electrons. The van der Waals surface area contributed by atoms with E-state index >= 15 is 0 Å². The number of halogens is 2. The van der Waals surface area contributed by atoms with Crippen molar-refractivity contribution in [2.75, 3.05) is 0 Å². The van der Waals surface area contributed by atoms with Crippen molar-refractivity contribution in [1.29, 1.82) is 0 Å². The minimum absolute atomic E-state index is 0. The Bertz CT molecular complexity index is 1300. The van der Waals surface area contributed by atoms with Gasteiger partial charge in [-0.15, -0.1) is 0 Å². The van der Waals surface area contributed by atoms with Crippen molar-refractivity contribution in [1.82, 2.24) is 0 Å². The summed E-state index contributed by atoms with van der Waals surface area (Å²) in [5, 5.41) is 0. The summed E-state index contributed by atoms with van der Waals surface area (Å²) in [4.78, 5) is 0. The summed E-state index contributed by atoms with van der Waals surface area (Å²) in [7, 11) is 0. The fraction of sp³-hybridized carbons (Fsp3) is 0.585. The summed E-state index contributed by atoms with van der Waals surface area (Å²) < 4.78 is 5.05. The molecule has 4 fully saturated rings. The van der Waals surface area contributed by atoms with Gasteiger partial charge >= 0.3 is 265 Å². The van der Waals surface area contributed by atoms with Gasteiger partial charge in [0.2, 0.25) is 0 Å². The molecule has 0 N–H and O–H groups in total. The fourth-order valence-corrected chi connectivity index (χ4v) is 23.7. The van der Waals surface area contributed by atoms with Crippen LogP contribution in [-0.2, 0) is 21.3 Å². The van der Waals surface area contributed by atoms with Crippen LogP contribution in [0.1, 0.15) is 71.6 Å². The molecule has 44 heavy (non-hydrogen) atoms. The molecule has 4 saturated carbocycles. The van der Waals surface area contributed by atoms with Crippen molar-refractivity contribution >= 4 is 3.21 Å². The van der Waals surface area contributed by atoms with Crippen molar-refractivity contribution in [3.63, 3.8) is 0 Å². The van der Waals surface area contributed by atoms with Gasteiger partial charge < -0.3 is 24.8 Å². The van der Waals surface area contributed by atoms with E-state index in [1.807, 2.05) is 3.28 Å². The Morgan fingerprint density at radius 1 is 0.568 bits per heavy atom. The summed E-state index contributed by atoms with van der Waals surface area (Å²) in [6, 6.07) is 0. The minimum Gasteiger partial charge on any atom is -1.00 e. The van der Waals surface area contributed by atoms with Crippen LogP contribution in [0.4, 0.5) is 0 Å². The van der Waals surface area contributed by atoms with E-state index in [0.29, 0.717) is 29.6 Å². The van der Waals surface area contributed by atoms with Gasteiger partial charge in [-0.3, -0.25) is 0 Å². The Morgan fingerprint density at radius 2 is 1.00 bits per heavy atom. The zero-order valence-corrected chi connectivity index (χ0v) is 30.8. The molecule has 8 aliphatic rings. The summed E-state index contributed by atoms with van der Waals surface area (Å²) >= 11 is -2.32. The molecule has 0 aliphatic heterocycles. The average Bonchev–Trinajstić information content (AvgIpc) is 3.87. The van der Waals surface area contributed by atoms with Crippen molar-refractivity contribution in [2.24, 2.45) is 71.0 Å². The molecule has 0 nitrogen and oxygen atoms in total. The average molecular weight is 707 g/mol. The second-order valence-electron chi connectivity index (χ2n) is 15.3. The van der Waals surface area contributed by atoms with Gasteiger partial charge in [0.05, 0.1) is 0 Å². The van der Waals surface area contributed by atoms with Crippen molar-refractivity contribution in [3.05, 3.63) is 94.4 Å². The van der Waals surface area contributed by atoms with Crippen LogP contribution in [0.2, 0.25) is 3.63 Å². The van der Waals surface area contributed by atoms with E-state index in [1.165, 1.54) is 57.8 Å². The van der Waals surface area contributed by atoms with Gasteiger partial charge in [0, 0.05) is 0 Å². The molecule has 8 rings (SSSR count). The van der Waals surface area contributed by atoms with E-state index in [0.717, 1.165) is 45.1 Å². The number of allylic oxidation sites excluding steroid dienone is 16. The number of rotatable bonds is 6. The first-order valence-corrected chi connectivity index (χ1v) is 21.7. The van der Waals surface area contributed by atoms with Crippen LogP contribution in [0, 0.1) is 71.0 Å². The van der Waals surface area contributed by atoms with Crippen LogP contribution in [0.15, 0.2) is 94.4 Å². The van der Waals surface area contributed by atoms with Gasteiger partial charge in [-0.2, -0.15) is 0 Å². The Hall–Kier alpha value is -0.747. The van der Waals surface area contributed by atoms with Gasteiger partial charge in [-0.1, -0.05) is 0 Å². The van der Waals surface area contributed by atoms with Gasteiger partial charge in [-0.25, -0.2) is 0 Å². The van der Waals surface area contributed by atoms with Crippen LogP contribution in [0.5, 0.6) is 0 Å². The Kier molecular flexibility index (Phi) is 10.7. The monoisotopic (exact) mass is 704 g/mol. The molecule has 3 heteroatoms. The van der Waals surface area contributed by atoms with Crippen molar-refractivity contribution in [2.45, 2.75) is 75.3 Å². The van der Waals surface area contributed by atoms with E-state index in [4.69, 9.17) is 0 Å². The molecular formula is C41H52Cl2Zr. The van der Waals surface area contributed by atoms with Gasteiger partial charge in [0.15, 0.2) is 0 Å². The first kappa shape index (κ1) is 33.2. The first-order chi connectivity index (χ1) is 20.7. The normalized spacial score (nSPS) is 38.9. The third-order valence-corrected chi connectivity index (χ3v) is 23.6. The molecule has 0 spiro atoms. The topological polar surface area (TPSA) is 0 Å². The zero-order valence-electron chi connectivity index (χ0n) is 26.8. The predicted molar refractivity (Wildman–Crippen MR) is 176 cm³/mol. The molecule has 0 radical (unpaired) electrons. The smallest absolute Gasteiger partial charge is 1.00 e. The molecule has 0 aromatic carbocycles. The second kappa shape index (κ2) is 14.2. The first-order valence-electron chi connectivity index (χ1n) is 17.9. The molecular weight excluding hydrogens is 655 g/mol. The standard InChI is InChI=1S/C21H21.C15H26.C5H5.2ClH.Zr/c1-2-8-15-14(7-1)13-20-18-11-4-3-9-16(18)17-10-5-6-12-19(17)21(15)20;1-12(14-7-3-4-8-14)11-13(2)15-9-5-6-10-15;1-2-4-5-3-1;;;/h1-21H;12-15H,3-10H2,1-2H3;1-3H,4H2;2*1H;/q;;;;;+2/p-2. The Morgan fingerprint density at radius 3 is 1.48 bits per heavy atom. The maximum Gasteiger partial charge on any atom is -1.00 e.